The van der Waals surface area contributed by atoms with Crippen LogP contribution in [0.5, 0.6) is 0 Å². The fourth-order valence-corrected chi connectivity index (χ4v) is 11.6. The van der Waals surface area contributed by atoms with Crippen molar-refractivity contribution in [2.24, 2.45) is 5.16 Å². The highest BCUT2D eigenvalue weighted by atomic mass is 79.9. The number of fused-ring (bicyclic) bond motifs is 6. The number of hydrogen-bond donors (Lipinski definition) is 2. The van der Waals surface area contributed by atoms with Crippen LogP contribution in [0, 0.1) is 19.3 Å². The van der Waals surface area contributed by atoms with E-state index in [1.165, 1.54) is 34.7 Å². The molecule has 0 spiro atoms. The van der Waals surface area contributed by atoms with Gasteiger partial charge in [-0.1, -0.05) is 158 Å². The fourth-order valence-electron chi connectivity index (χ4n) is 9.58. The van der Waals surface area contributed by atoms with Crippen LogP contribution in [0.3, 0.4) is 0 Å². The molecule has 0 aromatic heterocycles. The number of alkyl halides is 4. The highest BCUT2D eigenvalue weighted by molar-refractivity contribution is 9.09. The SMILES string of the molecule is CC(=O)O.CC(=O)O/N=C(/C(=O)c1ccc2c(c1)C(CCCl)(CCCl)c1ccccc1-2)c1ccccc1C.Cc1ccccc1C(=N)C(=O)c1ccc2c(c1)C(CCBr)(CCBr)c1ccccc1-2. The number of carbonyl (C=O) groups is 4. The Bertz CT molecular complexity index is 2900. The summed E-state index contributed by atoms with van der Waals surface area (Å²) in [5, 5.41) is 21.7. The summed E-state index contributed by atoms with van der Waals surface area (Å²) in [6.07, 6.45) is 3.31. The van der Waals surface area contributed by atoms with E-state index in [0.29, 0.717) is 46.9 Å². The summed E-state index contributed by atoms with van der Waals surface area (Å²) in [5.74, 6) is -1.04. The van der Waals surface area contributed by atoms with Crippen LogP contribution in [0.25, 0.3) is 22.3 Å². The Labute approximate surface area is 424 Å². The molecule has 0 heterocycles. The van der Waals surface area contributed by atoms with Gasteiger partial charge in [0, 0.05) is 69.4 Å². The Balaban J connectivity index is 0.000000209. The highest BCUT2D eigenvalue weighted by Gasteiger charge is 2.44. The molecule has 6 aromatic rings. The lowest BCUT2D eigenvalue weighted by Crippen LogP contribution is -2.27. The summed E-state index contributed by atoms with van der Waals surface area (Å²) in [7, 11) is 0. The first-order chi connectivity index (χ1) is 32.7. The summed E-state index contributed by atoms with van der Waals surface area (Å²) >= 11 is 19.9. The van der Waals surface area contributed by atoms with Gasteiger partial charge in [0.2, 0.25) is 11.6 Å². The van der Waals surface area contributed by atoms with E-state index in [9.17, 15) is 14.4 Å². The maximum Gasteiger partial charge on any atom is 0.332 e. The largest absolute Gasteiger partial charge is 0.481 e. The Hall–Kier alpha value is -5.52. The van der Waals surface area contributed by atoms with Gasteiger partial charge < -0.3 is 9.94 Å². The second-order valence-corrected chi connectivity index (χ2v) is 19.1. The van der Waals surface area contributed by atoms with Gasteiger partial charge in [-0.2, -0.15) is 0 Å². The molecule has 0 saturated heterocycles. The van der Waals surface area contributed by atoms with Crippen LogP contribution in [-0.4, -0.2) is 62.5 Å². The molecule has 0 radical (unpaired) electrons. The maximum atomic E-state index is 13.7. The molecule has 2 aliphatic carbocycles. The minimum Gasteiger partial charge on any atom is -0.481 e. The standard InChI is InChI=1S/C28H25Cl2NO3.C26H23Br2NO.C2H4O2/c1-18-7-3-4-8-21(18)26(31-34-19(2)32)27(33)20-11-12-23-22-9-5-6-10-24(22)28(13-15-29,14-16-30)25(23)17-20;1-17-6-2-3-7-19(17)24(29)25(30)18-10-11-21-20-8-4-5-9-22(20)26(12-14-27,13-15-28)23(21)16-18;1-2(3)4/h3-12,17H,13-16H2,1-2H3;2-11,16,29H,12-15H2,1H3;1H3,(H,3,4)/b31-26+;;. The topological polar surface area (TPSA) is 134 Å². The molecule has 0 amide bonds. The van der Waals surface area contributed by atoms with Crippen molar-refractivity contribution >= 4 is 90.0 Å². The van der Waals surface area contributed by atoms with Crippen molar-refractivity contribution in [3.63, 3.8) is 0 Å². The lowest BCUT2D eigenvalue weighted by atomic mass is 9.73. The molecule has 68 heavy (non-hydrogen) atoms. The second-order valence-electron chi connectivity index (χ2n) is 16.7. The Morgan fingerprint density at radius 2 is 0.971 bits per heavy atom. The number of rotatable bonds is 15. The summed E-state index contributed by atoms with van der Waals surface area (Å²) in [6, 6.07) is 43.5. The first-order valence-electron chi connectivity index (χ1n) is 22.2. The van der Waals surface area contributed by atoms with Crippen LogP contribution in [-0.2, 0) is 25.3 Å². The monoisotopic (exact) mass is 1080 g/mol. The first-order valence-corrected chi connectivity index (χ1v) is 25.5. The van der Waals surface area contributed by atoms with Gasteiger partial charge in [-0.25, -0.2) is 4.79 Å². The molecule has 2 aliphatic rings. The Morgan fingerprint density at radius 3 is 1.41 bits per heavy atom. The molecule has 0 saturated carbocycles. The van der Waals surface area contributed by atoms with Crippen molar-refractivity contribution in [3.8, 4) is 22.3 Å². The third-order valence-corrected chi connectivity index (χ3v) is 13.8. The fraction of sp³-hybridized carbons (Fsp3) is 0.250. The maximum absolute atomic E-state index is 13.7. The van der Waals surface area contributed by atoms with E-state index in [4.69, 9.17) is 43.3 Å². The van der Waals surface area contributed by atoms with E-state index in [-0.39, 0.29) is 33.8 Å². The van der Waals surface area contributed by atoms with Gasteiger partial charge in [0.05, 0.1) is 0 Å². The molecule has 0 unspecified atom stereocenters. The summed E-state index contributed by atoms with van der Waals surface area (Å²) in [6.45, 7) is 6.16. The molecule has 2 N–H and O–H groups in total. The summed E-state index contributed by atoms with van der Waals surface area (Å²) in [5.41, 5.74) is 13.2. The average Bonchev–Trinajstić information content (AvgIpc) is 3.75. The Kier molecular flexibility index (Phi) is 17.7. The number of aryl methyl sites for hydroxylation is 2. The van der Waals surface area contributed by atoms with Gasteiger partial charge in [0.25, 0.3) is 5.97 Å². The summed E-state index contributed by atoms with van der Waals surface area (Å²) in [4.78, 5) is 52.4. The zero-order chi connectivity index (χ0) is 49.2. The van der Waals surface area contributed by atoms with Gasteiger partial charge in [0.15, 0.2) is 5.71 Å². The predicted octanol–water partition coefficient (Wildman–Crippen LogP) is 13.8. The van der Waals surface area contributed by atoms with Gasteiger partial charge >= 0.3 is 5.97 Å². The van der Waals surface area contributed by atoms with Crippen molar-refractivity contribution in [3.05, 3.63) is 189 Å². The third kappa shape index (κ3) is 10.7. The Morgan fingerprint density at radius 1 is 0.574 bits per heavy atom. The van der Waals surface area contributed by atoms with Gasteiger partial charge in [0.1, 0.15) is 5.71 Å². The summed E-state index contributed by atoms with van der Waals surface area (Å²) < 4.78 is 0. The van der Waals surface area contributed by atoms with E-state index in [1.807, 2.05) is 92.7 Å². The van der Waals surface area contributed by atoms with Crippen molar-refractivity contribution in [2.75, 3.05) is 22.4 Å². The number of halogens is 4. The number of ketones is 2. The van der Waals surface area contributed by atoms with E-state index < -0.39 is 11.9 Å². The highest BCUT2D eigenvalue weighted by Crippen LogP contribution is 2.54. The van der Waals surface area contributed by atoms with Crippen molar-refractivity contribution in [1.29, 1.82) is 5.41 Å². The molecule has 0 atom stereocenters. The van der Waals surface area contributed by atoms with Gasteiger partial charge in [-0.05, 0) is 107 Å². The molecule has 0 fully saturated rings. The van der Waals surface area contributed by atoms with Crippen LogP contribution in [0.2, 0.25) is 0 Å². The van der Waals surface area contributed by atoms with Gasteiger partial charge in [-0.3, -0.25) is 19.8 Å². The number of nitrogens with one attached hydrogen (secondary N) is 1. The zero-order valence-electron chi connectivity index (χ0n) is 38.3. The van der Waals surface area contributed by atoms with Crippen LogP contribution in [0.15, 0.2) is 139 Å². The van der Waals surface area contributed by atoms with Crippen LogP contribution >= 0.6 is 55.1 Å². The number of nitrogens with zero attached hydrogens (tertiary/aromatic N) is 1. The number of Topliss-reactive ketones (excluding diaryl/α,β-unsaturated/α-hetero) is 2. The first kappa shape index (κ1) is 51.9. The molecule has 12 heteroatoms. The second kappa shape index (κ2) is 23.2. The van der Waals surface area contributed by atoms with Crippen LogP contribution < -0.4 is 0 Å². The van der Waals surface area contributed by atoms with Crippen LogP contribution in [0.4, 0.5) is 0 Å². The van der Waals surface area contributed by atoms with Crippen LogP contribution in [0.1, 0.15) is 105 Å². The molecule has 350 valence electrons. The molecule has 8 nitrogen and oxygen atoms in total. The predicted molar refractivity (Wildman–Crippen MR) is 282 cm³/mol. The van der Waals surface area contributed by atoms with E-state index in [0.717, 1.165) is 58.2 Å². The smallest absolute Gasteiger partial charge is 0.332 e. The molecule has 8 rings (SSSR count). The number of carboxylic acid groups (broad SMARTS) is 1. The zero-order valence-corrected chi connectivity index (χ0v) is 43.0. The lowest BCUT2D eigenvalue weighted by molar-refractivity contribution is -0.141. The molecular weight excluding hydrogens is 1030 g/mol. The molecule has 0 aliphatic heterocycles. The number of aliphatic carboxylic acids is 1. The van der Waals surface area contributed by atoms with Crippen molar-refractivity contribution in [2.45, 2.75) is 64.2 Å². The van der Waals surface area contributed by atoms with Crippen molar-refractivity contribution < 1.29 is 29.1 Å². The number of carboxylic acids is 1. The number of carbonyl (C=O) groups excluding carboxylic acids is 3. The normalized spacial score (nSPS) is 13.3. The minimum absolute atomic E-state index is 0.0511. The van der Waals surface area contributed by atoms with E-state index in [2.05, 4.69) is 79.5 Å². The average molecular weight is 1080 g/mol. The minimum atomic E-state index is -0.833. The number of hydrogen-bond acceptors (Lipinski definition) is 7. The van der Waals surface area contributed by atoms with E-state index >= 15 is 0 Å². The van der Waals surface area contributed by atoms with E-state index in [1.54, 1.807) is 12.1 Å². The number of benzene rings is 6. The lowest BCUT2D eigenvalue weighted by Gasteiger charge is -2.31. The molecule has 6 aromatic carbocycles. The van der Waals surface area contributed by atoms with Gasteiger partial charge in [-0.15, -0.1) is 23.2 Å². The molecular formula is C56H52Br2Cl2N2O6. The molecule has 0 bridgehead atoms. The third-order valence-electron chi connectivity index (χ3n) is 12.7. The quantitative estimate of drug-likeness (QED) is 0.0346. The number of oxime groups is 1. The van der Waals surface area contributed by atoms with Crippen molar-refractivity contribution in [1.82, 2.24) is 0 Å².